The van der Waals surface area contributed by atoms with Gasteiger partial charge in [-0.2, -0.15) is 0 Å². The number of nitrogens with one attached hydrogen (secondary N) is 2. The zero-order chi connectivity index (χ0) is 17.3. The van der Waals surface area contributed by atoms with E-state index >= 15 is 0 Å². The highest BCUT2D eigenvalue weighted by Crippen LogP contribution is 2.24. The largest absolute Gasteiger partial charge is 0.322 e. The smallest absolute Gasteiger partial charge is 0.257 e. The van der Waals surface area contributed by atoms with E-state index in [9.17, 15) is 13.2 Å². The average molecular weight is 365 g/mol. The molecule has 0 saturated heterocycles. The zero-order valence-electron chi connectivity index (χ0n) is 12.5. The van der Waals surface area contributed by atoms with Crippen LogP contribution in [0.4, 0.5) is 11.4 Å². The van der Waals surface area contributed by atoms with Crippen molar-refractivity contribution in [1.82, 2.24) is 9.38 Å². The van der Waals surface area contributed by atoms with E-state index in [1.165, 1.54) is 18.2 Å². The summed E-state index contributed by atoms with van der Waals surface area (Å²) in [5, 5.41) is 2.99. The molecule has 124 valence electrons. The maximum atomic E-state index is 12.4. The molecule has 3 aromatic rings. The fourth-order valence-corrected chi connectivity index (χ4v) is 3.00. The van der Waals surface area contributed by atoms with Gasteiger partial charge in [0.1, 0.15) is 0 Å². The van der Waals surface area contributed by atoms with Gasteiger partial charge in [-0.05, 0) is 24.3 Å². The first-order chi connectivity index (χ1) is 11.3. The molecule has 7 nitrogen and oxygen atoms in total. The van der Waals surface area contributed by atoms with Gasteiger partial charge in [0.25, 0.3) is 5.91 Å². The van der Waals surface area contributed by atoms with E-state index in [0.717, 1.165) is 11.8 Å². The number of fused-ring (bicyclic) bond motifs is 1. The van der Waals surface area contributed by atoms with Gasteiger partial charge in [0.15, 0.2) is 0 Å². The van der Waals surface area contributed by atoms with E-state index in [-0.39, 0.29) is 11.6 Å². The number of hydrogen-bond acceptors (Lipinski definition) is 4. The molecule has 0 bridgehead atoms. The Morgan fingerprint density at radius 3 is 2.67 bits per heavy atom. The van der Waals surface area contributed by atoms with Crippen molar-refractivity contribution in [2.24, 2.45) is 0 Å². The Morgan fingerprint density at radius 2 is 1.96 bits per heavy atom. The first kappa shape index (κ1) is 16.3. The second-order valence-corrected chi connectivity index (χ2v) is 7.38. The highest BCUT2D eigenvalue weighted by Gasteiger charge is 2.11. The predicted molar refractivity (Wildman–Crippen MR) is 93.1 cm³/mol. The molecule has 0 spiro atoms. The minimum Gasteiger partial charge on any atom is -0.322 e. The second-order valence-electron chi connectivity index (χ2n) is 5.19. The van der Waals surface area contributed by atoms with Gasteiger partial charge in [0, 0.05) is 29.3 Å². The van der Waals surface area contributed by atoms with Crippen LogP contribution in [0.25, 0.3) is 5.52 Å². The summed E-state index contributed by atoms with van der Waals surface area (Å²) in [6, 6.07) is 6.17. The van der Waals surface area contributed by atoms with Gasteiger partial charge in [-0.25, -0.2) is 8.42 Å². The third-order valence-electron chi connectivity index (χ3n) is 3.12. The zero-order valence-corrected chi connectivity index (χ0v) is 14.1. The van der Waals surface area contributed by atoms with E-state index in [2.05, 4.69) is 15.0 Å². The number of aromatic nitrogens is 2. The van der Waals surface area contributed by atoms with E-state index in [4.69, 9.17) is 11.6 Å². The Labute approximate surface area is 143 Å². The molecule has 2 aromatic heterocycles. The molecule has 24 heavy (non-hydrogen) atoms. The van der Waals surface area contributed by atoms with E-state index in [0.29, 0.717) is 16.3 Å². The van der Waals surface area contributed by atoms with Gasteiger partial charge < -0.3 is 9.72 Å². The summed E-state index contributed by atoms with van der Waals surface area (Å²) < 4.78 is 26.7. The van der Waals surface area contributed by atoms with Crippen LogP contribution in [0.2, 0.25) is 5.02 Å². The summed E-state index contributed by atoms with van der Waals surface area (Å²) in [4.78, 5) is 16.4. The molecular weight excluding hydrogens is 352 g/mol. The number of nitrogens with zero attached hydrogens (tertiary/aromatic N) is 2. The molecule has 0 saturated carbocycles. The summed E-state index contributed by atoms with van der Waals surface area (Å²) >= 11 is 5.97. The molecular formula is C15H13ClN4O3S. The van der Waals surface area contributed by atoms with Crippen molar-refractivity contribution >= 4 is 44.4 Å². The molecule has 9 heteroatoms. The molecule has 1 amide bonds. The fraction of sp³-hybridized carbons (Fsp3) is 0.0667. The van der Waals surface area contributed by atoms with Crippen molar-refractivity contribution in [2.75, 3.05) is 16.3 Å². The monoisotopic (exact) mass is 364 g/mol. The normalized spacial score (nSPS) is 11.4. The summed E-state index contributed by atoms with van der Waals surface area (Å²) in [7, 11) is -3.44. The number of hydrogen-bond donors (Lipinski definition) is 2. The van der Waals surface area contributed by atoms with Crippen LogP contribution in [0, 0.1) is 0 Å². The van der Waals surface area contributed by atoms with Gasteiger partial charge >= 0.3 is 0 Å². The SMILES string of the molecule is CS(=O)(=O)Nc1cc(Cl)cc(NC(=O)c2cc3cnccn3c2)c1. The van der Waals surface area contributed by atoms with Crippen LogP contribution in [0.1, 0.15) is 10.4 Å². The van der Waals surface area contributed by atoms with Crippen molar-refractivity contribution in [3.8, 4) is 0 Å². The van der Waals surface area contributed by atoms with E-state index in [1.807, 2.05) is 0 Å². The third kappa shape index (κ3) is 3.84. The lowest BCUT2D eigenvalue weighted by Crippen LogP contribution is -2.13. The third-order valence-corrected chi connectivity index (χ3v) is 3.95. The van der Waals surface area contributed by atoms with Crippen LogP contribution in [-0.2, 0) is 10.0 Å². The lowest BCUT2D eigenvalue weighted by molar-refractivity contribution is 0.102. The molecule has 0 atom stereocenters. The predicted octanol–water partition coefficient (Wildman–Crippen LogP) is 2.61. The minimum absolute atomic E-state index is 0.270. The maximum Gasteiger partial charge on any atom is 0.257 e. The highest BCUT2D eigenvalue weighted by atomic mass is 35.5. The number of amides is 1. The average Bonchev–Trinajstić information content (AvgIpc) is 2.88. The highest BCUT2D eigenvalue weighted by molar-refractivity contribution is 7.92. The van der Waals surface area contributed by atoms with Crippen LogP contribution >= 0.6 is 11.6 Å². The Hall–Kier alpha value is -2.58. The lowest BCUT2D eigenvalue weighted by Gasteiger charge is -2.09. The van der Waals surface area contributed by atoms with Crippen LogP contribution in [0.3, 0.4) is 0 Å². The molecule has 0 fully saturated rings. The number of carbonyl (C=O) groups is 1. The van der Waals surface area contributed by atoms with Crippen LogP contribution in [-0.4, -0.2) is 30.0 Å². The number of anilines is 2. The Bertz CT molecular complexity index is 997. The Balaban J connectivity index is 1.85. The first-order valence-corrected chi connectivity index (χ1v) is 9.08. The van der Waals surface area contributed by atoms with Crippen LogP contribution in [0.5, 0.6) is 0 Å². The molecule has 0 aliphatic carbocycles. The standard InChI is InChI=1S/C15H13ClN4O3S/c1-24(22,23)19-13-6-11(16)5-12(7-13)18-15(21)10-4-14-8-17-2-3-20(14)9-10/h2-9,19H,1H3,(H,18,21). The second kappa shape index (κ2) is 6.14. The number of halogens is 1. The molecule has 0 unspecified atom stereocenters. The summed E-state index contributed by atoms with van der Waals surface area (Å²) in [5.41, 5.74) is 1.88. The van der Waals surface area contributed by atoms with Crippen LogP contribution in [0.15, 0.2) is 49.1 Å². The van der Waals surface area contributed by atoms with Crippen molar-refractivity contribution in [1.29, 1.82) is 0 Å². The quantitative estimate of drug-likeness (QED) is 0.744. The van der Waals surface area contributed by atoms with Crippen molar-refractivity contribution < 1.29 is 13.2 Å². The van der Waals surface area contributed by atoms with Crippen LogP contribution < -0.4 is 10.0 Å². The van der Waals surface area contributed by atoms with Gasteiger partial charge in [-0.15, -0.1) is 0 Å². The maximum absolute atomic E-state index is 12.4. The number of sulfonamides is 1. The molecule has 3 rings (SSSR count). The molecule has 0 radical (unpaired) electrons. The molecule has 0 aliphatic heterocycles. The molecule has 2 heterocycles. The number of rotatable bonds is 4. The van der Waals surface area contributed by atoms with Gasteiger partial charge in [-0.3, -0.25) is 14.5 Å². The fourth-order valence-electron chi connectivity index (χ4n) is 2.22. The van der Waals surface area contributed by atoms with Gasteiger partial charge in [0.2, 0.25) is 10.0 Å². The number of carbonyl (C=O) groups excluding carboxylic acids is 1. The van der Waals surface area contributed by atoms with Gasteiger partial charge in [0.05, 0.1) is 29.2 Å². The van der Waals surface area contributed by atoms with Crippen molar-refractivity contribution in [3.05, 3.63) is 59.6 Å². The lowest BCUT2D eigenvalue weighted by atomic mass is 10.2. The Morgan fingerprint density at radius 1 is 1.21 bits per heavy atom. The van der Waals surface area contributed by atoms with Crippen molar-refractivity contribution in [2.45, 2.75) is 0 Å². The van der Waals surface area contributed by atoms with E-state index in [1.54, 1.807) is 35.3 Å². The molecule has 0 aliphatic rings. The molecule has 2 N–H and O–H groups in total. The van der Waals surface area contributed by atoms with E-state index < -0.39 is 10.0 Å². The minimum atomic E-state index is -3.44. The molecule has 1 aromatic carbocycles. The van der Waals surface area contributed by atoms with Crippen molar-refractivity contribution in [3.63, 3.8) is 0 Å². The summed E-state index contributed by atoms with van der Waals surface area (Å²) in [5.74, 6) is -0.341. The summed E-state index contributed by atoms with van der Waals surface area (Å²) in [6.07, 6.45) is 7.71. The first-order valence-electron chi connectivity index (χ1n) is 6.82. The van der Waals surface area contributed by atoms with Gasteiger partial charge in [-0.1, -0.05) is 11.6 Å². The Kier molecular flexibility index (Phi) is 4.16. The number of benzene rings is 1. The summed E-state index contributed by atoms with van der Waals surface area (Å²) in [6.45, 7) is 0. The topological polar surface area (TPSA) is 92.6 Å².